The van der Waals surface area contributed by atoms with Crippen LogP contribution in [0.3, 0.4) is 0 Å². The summed E-state index contributed by atoms with van der Waals surface area (Å²) in [7, 11) is 0. The van der Waals surface area contributed by atoms with Crippen LogP contribution in [0, 0.1) is 0 Å². The van der Waals surface area contributed by atoms with Crippen molar-refractivity contribution in [2.24, 2.45) is 5.73 Å². The maximum atomic E-state index is 5.98. The van der Waals surface area contributed by atoms with Crippen LogP contribution < -0.4 is 5.73 Å². The van der Waals surface area contributed by atoms with Crippen LogP contribution in [0.1, 0.15) is 44.6 Å². The van der Waals surface area contributed by atoms with Gasteiger partial charge >= 0.3 is 0 Å². The molecule has 2 N–H and O–H groups in total. The summed E-state index contributed by atoms with van der Waals surface area (Å²) in [4.78, 5) is 0. The van der Waals surface area contributed by atoms with Crippen molar-refractivity contribution in [1.29, 1.82) is 0 Å². The Morgan fingerprint density at radius 1 is 1.40 bits per heavy atom. The number of hydrogen-bond donors (Lipinski definition) is 1. The fourth-order valence-corrected chi connectivity index (χ4v) is 2.65. The van der Waals surface area contributed by atoms with Crippen LogP contribution in [-0.2, 0) is 12.0 Å². The second-order valence-electron chi connectivity index (χ2n) is 4.63. The smallest absolute Gasteiger partial charge is 0.0527 e. The molecule has 15 heavy (non-hydrogen) atoms. The van der Waals surface area contributed by atoms with Gasteiger partial charge in [0, 0.05) is 24.7 Å². The molecule has 2 rings (SSSR count). The Hall–Kier alpha value is -0.830. The summed E-state index contributed by atoms with van der Waals surface area (Å²) in [5, 5.41) is 4.36. The van der Waals surface area contributed by atoms with Gasteiger partial charge in [-0.2, -0.15) is 5.10 Å². The van der Waals surface area contributed by atoms with Gasteiger partial charge < -0.3 is 5.73 Å². The van der Waals surface area contributed by atoms with Gasteiger partial charge in [-0.15, -0.1) is 0 Å². The van der Waals surface area contributed by atoms with Crippen LogP contribution >= 0.6 is 0 Å². The lowest BCUT2D eigenvalue weighted by atomic mass is 9.70. The summed E-state index contributed by atoms with van der Waals surface area (Å²) in [6, 6.07) is 0. The first-order chi connectivity index (χ1) is 7.30. The van der Waals surface area contributed by atoms with E-state index in [1.54, 1.807) is 0 Å². The van der Waals surface area contributed by atoms with Crippen LogP contribution in [0.15, 0.2) is 12.4 Å². The number of nitrogens with zero attached hydrogens (tertiary/aromatic N) is 2. The number of aryl methyl sites for hydroxylation is 1. The van der Waals surface area contributed by atoms with E-state index in [-0.39, 0.29) is 5.41 Å². The quantitative estimate of drug-likeness (QED) is 0.824. The molecule has 1 heterocycles. The van der Waals surface area contributed by atoms with E-state index in [1.165, 1.54) is 37.7 Å². The Kier molecular flexibility index (Phi) is 3.10. The number of aromatic nitrogens is 2. The Bertz CT molecular complexity index is 310. The normalized spacial score (nSPS) is 20.4. The molecular weight excluding hydrogens is 186 g/mol. The standard InChI is InChI=1S/C12H21N3/c1-2-15-9-11(8-14-15)12(10-13)6-4-3-5-7-12/h8-9H,2-7,10,13H2,1H3. The highest BCUT2D eigenvalue weighted by atomic mass is 15.3. The van der Waals surface area contributed by atoms with Crippen molar-refractivity contribution in [3.63, 3.8) is 0 Å². The van der Waals surface area contributed by atoms with Crippen molar-refractivity contribution in [2.75, 3.05) is 6.54 Å². The van der Waals surface area contributed by atoms with E-state index in [1.807, 2.05) is 10.9 Å². The van der Waals surface area contributed by atoms with Crippen molar-refractivity contribution in [1.82, 2.24) is 9.78 Å². The van der Waals surface area contributed by atoms with Crippen LogP contribution in [-0.4, -0.2) is 16.3 Å². The third kappa shape index (κ3) is 1.93. The molecule has 1 saturated carbocycles. The van der Waals surface area contributed by atoms with Gasteiger partial charge in [0.05, 0.1) is 6.20 Å². The van der Waals surface area contributed by atoms with Gasteiger partial charge in [-0.1, -0.05) is 19.3 Å². The minimum absolute atomic E-state index is 0.228. The lowest BCUT2D eigenvalue weighted by molar-refractivity contribution is 0.300. The van der Waals surface area contributed by atoms with Gasteiger partial charge in [-0.3, -0.25) is 4.68 Å². The van der Waals surface area contributed by atoms with Crippen LogP contribution in [0.5, 0.6) is 0 Å². The van der Waals surface area contributed by atoms with Crippen molar-refractivity contribution in [3.05, 3.63) is 18.0 Å². The van der Waals surface area contributed by atoms with E-state index >= 15 is 0 Å². The Balaban J connectivity index is 2.24. The van der Waals surface area contributed by atoms with Gasteiger partial charge in [0.2, 0.25) is 0 Å². The summed E-state index contributed by atoms with van der Waals surface area (Å²) in [5.41, 5.74) is 7.57. The molecule has 0 radical (unpaired) electrons. The molecule has 0 spiro atoms. The zero-order valence-corrected chi connectivity index (χ0v) is 9.58. The first kappa shape index (κ1) is 10.7. The van der Waals surface area contributed by atoms with Gasteiger partial charge in [0.15, 0.2) is 0 Å². The number of hydrogen-bond acceptors (Lipinski definition) is 2. The Morgan fingerprint density at radius 3 is 2.67 bits per heavy atom. The Labute approximate surface area is 91.7 Å². The predicted molar refractivity (Wildman–Crippen MR) is 61.7 cm³/mol. The molecule has 0 aliphatic heterocycles. The van der Waals surface area contributed by atoms with Gasteiger partial charge in [0.1, 0.15) is 0 Å². The molecule has 1 aromatic rings. The SMILES string of the molecule is CCn1cc(C2(CN)CCCCC2)cn1. The highest BCUT2D eigenvalue weighted by Crippen LogP contribution is 2.38. The molecule has 3 heteroatoms. The minimum atomic E-state index is 0.228. The minimum Gasteiger partial charge on any atom is -0.330 e. The highest BCUT2D eigenvalue weighted by molar-refractivity contribution is 5.21. The molecule has 0 atom stereocenters. The fraction of sp³-hybridized carbons (Fsp3) is 0.750. The maximum Gasteiger partial charge on any atom is 0.0527 e. The summed E-state index contributed by atoms with van der Waals surface area (Å²) < 4.78 is 2.00. The summed E-state index contributed by atoms with van der Waals surface area (Å²) in [5.74, 6) is 0. The van der Waals surface area contributed by atoms with Gasteiger partial charge in [0.25, 0.3) is 0 Å². The molecule has 3 nitrogen and oxygen atoms in total. The third-order valence-electron chi connectivity index (χ3n) is 3.77. The van der Waals surface area contributed by atoms with Crippen molar-refractivity contribution in [2.45, 2.75) is 51.0 Å². The van der Waals surface area contributed by atoms with E-state index in [2.05, 4.69) is 18.2 Å². The Morgan fingerprint density at radius 2 is 2.13 bits per heavy atom. The molecule has 1 aliphatic carbocycles. The second-order valence-corrected chi connectivity index (χ2v) is 4.63. The predicted octanol–water partition coefficient (Wildman–Crippen LogP) is 2.06. The van der Waals surface area contributed by atoms with Crippen LogP contribution in [0.25, 0.3) is 0 Å². The van der Waals surface area contributed by atoms with Crippen molar-refractivity contribution in [3.8, 4) is 0 Å². The van der Waals surface area contributed by atoms with Gasteiger partial charge in [-0.05, 0) is 25.3 Å². The first-order valence-corrected chi connectivity index (χ1v) is 6.04. The molecule has 1 aromatic heterocycles. The second kappa shape index (κ2) is 4.35. The molecule has 0 saturated heterocycles. The largest absolute Gasteiger partial charge is 0.330 e. The third-order valence-corrected chi connectivity index (χ3v) is 3.77. The first-order valence-electron chi connectivity index (χ1n) is 6.04. The molecule has 0 amide bonds. The topological polar surface area (TPSA) is 43.8 Å². The van der Waals surface area contributed by atoms with E-state index < -0.39 is 0 Å². The lowest BCUT2D eigenvalue weighted by Gasteiger charge is -2.35. The van der Waals surface area contributed by atoms with E-state index in [0.29, 0.717) is 0 Å². The maximum absolute atomic E-state index is 5.98. The molecule has 84 valence electrons. The lowest BCUT2D eigenvalue weighted by Crippen LogP contribution is -2.36. The van der Waals surface area contributed by atoms with Crippen molar-refractivity contribution >= 4 is 0 Å². The molecule has 1 aliphatic rings. The molecule has 0 bridgehead atoms. The monoisotopic (exact) mass is 207 g/mol. The van der Waals surface area contributed by atoms with E-state index in [0.717, 1.165) is 13.1 Å². The highest BCUT2D eigenvalue weighted by Gasteiger charge is 2.33. The molecule has 1 fully saturated rings. The average Bonchev–Trinajstić information content (AvgIpc) is 2.79. The van der Waals surface area contributed by atoms with Crippen molar-refractivity contribution < 1.29 is 0 Å². The molecular formula is C12H21N3. The zero-order chi connectivity index (χ0) is 10.7. The van der Waals surface area contributed by atoms with Crippen LogP contribution in [0.2, 0.25) is 0 Å². The van der Waals surface area contributed by atoms with Crippen LogP contribution in [0.4, 0.5) is 0 Å². The summed E-state index contributed by atoms with van der Waals surface area (Å²) in [6.45, 7) is 3.83. The molecule has 0 unspecified atom stereocenters. The zero-order valence-electron chi connectivity index (χ0n) is 9.58. The summed E-state index contributed by atoms with van der Waals surface area (Å²) in [6.07, 6.45) is 10.7. The summed E-state index contributed by atoms with van der Waals surface area (Å²) >= 11 is 0. The van der Waals surface area contributed by atoms with E-state index in [9.17, 15) is 0 Å². The van der Waals surface area contributed by atoms with Gasteiger partial charge in [-0.25, -0.2) is 0 Å². The molecule has 0 aromatic carbocycles. The average molecular weight is 207 g/mol. The van der Waals surface area contributed by atoms with E-state index in [4.69, 9.17) is 5.73 Å². The number of nitrogens with two attached hydrogens (primary N) is 1. The number of rotatable bonds is 3. The fourth-order valence-electron chi connectivity index (χ4n) is 2.65.